The van der Waals surface area contributed by atoms with Crippen LogP contribution in [0.5, 0.6) is 0 Å². The third-order valence-corrected chi connectivity index (χ3v) is 3.44. The van der Waals surface area contributed by atoms with Gasteiger partial charge in [0.1, 0.15) is 12.3 Å². The summed E-state index contributed by atoms with van der Waals surface area (Å²) in [6.45, 7) is 4.95. The molecule has 0 amide bonds. The number of nitrogens with one attached hydrogen (secondary N) is 1. The number of benzene rings is 1. The number of nitrogens with zero attached hydrogens (tertiary/aromatic N) is 2. The standard InChI is InChI=1S/C14H15N3OS/c1-10(2)17-9-11-3-4-13(12(7-11)8-15)19-14-16-5-6-18-14/h3-7,10,17H,9H2,1-2H3. The molecule has 0 aliphatic heterocycles. The third-order valence-electron chi connectivity index (χ3n) is 2.49. The molecule has 19 heavy (non-hydrogen) atoms. The van der Waals surface area contributed by atoms with Gasteiger partial charge in [-0.1, -0.05) is 19.9 Å². The topological polar surface area (TPSA) is 61.9 Å². The van der Waals surface area contributed by atoms with Gasteiger partial charge in [-0.2, -0.15) is 5.26 Å². The molecule has 1 aromatic carbocycles. The lowest BCUT2D eigenvalue weighted by atomic mass is 10.1. The molecule has 98 valence electrons. The van der Waals surface area contributed by atoms with E-state index in [2.05, 4.69) is 30.2 Å². The highest BCUT2D eigenvalue weighted by atomic mass is 32.2. The van der Waals surface area contributed by atoms with E-state index in [0.717, 1.165) is 17.0 Å². The molecule has 0 bridgehead atoms. The van der Waals surface area contributed by atoms with Crippen molar-refractivity contribution >= 4 is 11.8 Å². The molecule has 0 aliphatic rings. The van der Waals surface area contributed by atoms with Crippen LogP contribution >= 0.6 is 11.8 Å². The quantitative estimate of drug-likeness (QED) is 0.906. The normalized spacial score (nSPS) is 10.6. The van der Waals surface area contributed by atoms with Crippen LogP contribution in [0.1, 0.15) is 25.0 Å². The zero-order chi connectivity index (χ0) is 13.7. The number of hydrogen-bond acceptors (Lipinski definition) is 5. The van der Waals surface area contributed by atoms with Gasteiger partial charge >= 0.3 is 0 Å². The van der Waals surface area contributed by atoms with Gasteiger partial charge in [-0.15, -0.1) is 0 Å². The average Bonchev–Trinajstić information content (AvgIpc) is 2.90. The number of oxazole rings is 1. The summed E-state index contributed by atoms with van der Waals surface area (Å²) in [5.74, 6) is 0. The molecular formula is C14H15N3OS. The van der Waals surface area contributed by atoms with Gasteiger partial charge in [-0.3, -0.25) is 0 Å². The molecule has 1 aromatic heterocycles. The second-order valence-corrected chi connectivity index (χ2v) is 5.37. The zero-order valence-electron chi connectivity index (χ0n) is 10.9. The molecule has 2 rings (SSSR count). The molecule has 4 nitrogen and oxygen atoms in total. The van der Waals surface area contributed by atoms with Gasteiger partial charge in [0.05, 0.1) is 11.8 Å². The van der Waals surface area contributed by atoms with Crippen LogP contribution in [0.2, 0.25) is 0 Å². The minimum absolute atomic E-state index is 0.423. The molecule has 0 saturated heterocycles. The van der Waals surface area contributed by atoms with E-state index in [0.29, 0.717) is 16.8 Å². The fourth-order valence-electron chi connectivity index (χ4n) is 1.54. The van der Waals surface area contributed by atoms with Crippen molar-refractivity contribution < 1.29 is 4.42 Å². The lowest BCUT2D eigenvalue weighted by Gasteiger charge is -2.09. The lowest BCUT2D eigenvalue weighted by molar-refractivity contribution is 0.454. The molecule has 0 unspecified atom stereocenters. The lowest BCUT2D eigenvalue weighted by Crippen LogP contribution is -2.21. The van der Waals surface area contributed by atoms with Gasteiger partial charge in [0.2, 0.25) is 0 Å². The Labute approximate surface area is 116 Å². The first-order valence-electron chi connectivity index (χ1n) is 6.03. The van der Waals surface area contributed by atoms with Crippen LogP contribution in [0.3, 0.4) is 0 Å². The Morgan fingerprint density at radius 1 is 1.47 bits per heavy atom. The van der Waals surface area contributed by atoms with Crippen LogP contribution < -0.4 is 5.32 Å². The molecule has 0 radical (unpaired) electrons. The average molecular weight is 273 g/mol. The number of rotatable bonds is 5. The molecule has 5 heteroatoms. The highest BCUT2D eigenvalue weighted by Gasteiger charge is 2.08. The smallest absolute Gasteiger partial charge is 0.260 e. The summed E-state index contributed by atoms with van der Waals surface area (Å²) in [5.41, 5.74) is 1.74. The Kier molecular flexibility index (Phi) is 4.61. The number of nitriles is 1. The zero-order valence-corrected chi connectivity index (χ0v) is 11.7. The Morgan fingerprint density at radius 2 is 2.32 bits per heavy atom. The van der Waals surface area contributed by atoms with Crippen LogP contribution in [-0.2, 0) is 6.54 Å². The molecule has 1 heterocycles. The minimum atomic E-state index is 0.423. The summed E-state index contributed by atoms with van der Waals surface area (Å²) in [7, 11) is 0. The predicted octanol–water partition coefficient (Wildman–Crippen LogP) is 3.20. The van der Waals surface area contributed by atoms with Gasteiger partial charge in [-0.25, -0.2) is 4.98 Å². The van der Waals surface area contributed by atoms with Crippen LogP contribution in [-0.4, -0.2) is 11.0 Å². The minimum Gasteiger partial charge on any atom is -0.440 e. The molecule has 1 N–H and O–H groups in total. The summed E-state index contributed by atoms with van der Waals surface area (Å²) >= 11 is 1.36. The molecule has 0 saturated carbocycles. The van der Waals surface area contributed by atoms with Gasteiger partial charge in [0.15, 0.2) is 0 Å². The van der Waals surface area contributed by atoms with Crippen LogP contribution in [0, 0.1) is 11.3 Å². The van der Waals surface area contributed by atoms with Crippen molar-refractivity contribution in [1.29, 1.82) is 5.26 Å². The first-order valence-corrected chi connectivity index (χ1v) is 6.84. The van der Waals surface area contributed by atoms with Crippen molar-refractivity contribution in [2.45, 2.75) is 36.6 Å². The molecule has 0 aliphatic carbocycles. The Morgan fingerprint density at radius 3 is 2.95 bits per heavy atom. The Bertz CT molecular complexity index is 573. The fraction of sp³-hybridized carbons (Fsp3) is 0.286. The summed E-state index contributed by atoms with van der Waals surface area (Å²) in [4.78, 5) is 4.90. The first kappa shape index (κ1) is 13.7. The Balaban J connectivity index is 2.15. The van der Waals surface area contributed by atoms with E-state index in [1.807, 2.05) is 18.2 Å². The fourth-order valence-corrected chi connectivity index (χ4v) is 2.30. The van der Waals surface area contributed by atoms with Crippen LogP contribution in [0.25, 0.3) is 0 Å². The van der Waals surface area contributed by atoms with Crippen molar-refractivity contribution in [3.8, 4) is 6.07 Å². The predicted molar refractivity (Wildman–Crippen MR) is 73.8 cm³/mol. The molecule has 0 atom stereocenters. The molecule has 2 aromatic rings. The highest BCUT2D eigenvalue weighted by Crippen LogP contribution is 2.29. The van der Waals surface area contributed by atoms with Gasteiger partial charge < -0.3 is 9.73 Å². The summed E-state index contributed by atoms with van der Waals surface area (Å²) < 4.78 is 5.18. The van der Waals surface area contributed by atoms with E-state index >= 15 is 0 Å². The van der Waals surface area contributed by atoms with Crippen molar-refractivity contribution in [2.24, 2.45) is 0 Å². The van der Waals surface area contributed by atoms with E-state index in [4.69, 9.17) is 4.42 Å². The first-order chi connectivity index (χ1) is 9.19. The maximum Gasteiger partial charge on any atom is 0.260 e. The second kappa shape index (κ2) is 6.41. The van der Waals surface area contributed by atoms with Crippen LogP contribution in [0.15, 0.2) is 45.2 Å². The Hall–Kier alpha value is -1.77. The van der Waals surface area contributed by atoms with Crippen molar-refractivity contribution in [3.05, 3.63) is 41.8 Å². The summed E-state index contributed by atoms with van der Waals surface area (Å²) in [5, 5.41) is 13.1. The monoisotopic (exact) mass is 273 g/mol. The van der Waals surface area contributed by atoms with Gasteiger partial charge in [0, 0.05) is 17.5 Å². The number of hydrogen-bond donors (Lipinski definition) is 1. The summed E-state index contributed by atoms with van der Waals surface area (Å²) in [6.07, 6.45) is 3.12. The van der Waals surface area contributed by atoms with E-state index in [1.165, 1.54) is 18.0 Å². The largest absolute Gasteiger partial charge is 0.440 e. The third kappa shape index (κ3) is 3.85. The summed E-state index contributed by atoms with van der Waals surface area (Å²) in [6, 6.07) is 8.50. The van der Waals surface area contributed by atoms with E-state index in [9.17, 15) is 5.26 Å². The van der Waals surface area contributed by atoms with Gasteiger partial charge in [0.25, 0.3) is 5.22 Å². The maximum absolute atomic E-state index is 9.21. The van der Waals surface area contributed by atoms with Crippen molar-refractivity contribution in [1.82, 2.24) is 10.3 Å². The second-order valence-electron chi connectivity index (χ2n) is 4.38. The van der Waals surface area contributed by atoms with Crippen molar-refractivity contribution in [3.63, 3.8) is 0 Å². The maximum atomic E-state index is 9.21. The highest BCUT2D eigenvalue weighted by molar-refractivity contribution is 7.99. The van der Waals surface area contributed by atoms with E-state index in [1.54, 1.807) is 6.20 Å². The molecule has 0 spiro atoms. The van der Waals surface area contributed by atoms with Crippen molar-refractivity contribution in [2.75, 3.05) is 0 Å². The SMILES string of the molecule is CC(C)NCc1ccc(Sc2ncco2)c(C#N)c1. The molecule has 0 fully saturated rings. The van der Waals surface area contributed by atoms with Gasteiger partial charge in [-0.05, 0) is 29.5 Å². The van der Waals surface area contributed by atoms with Crippen LogP contribution in [0.4, 0.5) is 0 Å². The van der Waals surface area contributed by atoms with E-state index < -0.39 is 0 Å². The molecular weight excluding hydrogens is 258 g/mol. The van der Waals surface area contributed by atoms with E-state index in [-0.39, 0.29) is 0 Å². The number of aromatic nitrogens is 1.